The summed E-state index contributed by atoms with van der Waals surface area (Å²) in [6, 6.07) is 3.87. The maximum atomic E-state index is 13.0. The van der Waals surface area contributed by atoms with Crippen LogP contribution < -0.4 is 5.73 Å². The van der Waals surface area contributed by atoms with Crippen molar-refractivity contribution in [3.63, 3.8) is 0 Å². The molecule has 1 atom stereocenters. The molecular formula is C12H14ClFN2OS. The molecule has 0 radical (unpaired) electrons. The molecule has 1 unspecified atom stereocenters. The number of benzene rings is 1. The van der Waals surface area contributed by atoms with E-state index >= 15 is 0 Å². The van der Waals surface area contributed by atoms with E-state index in [1.165, 1.54) is 23.1 Å². The molecule has 0 fully saturated rings. The van der Waals surface area contributed by atoms with Gasteiger partial charge < -0.3 is 10.6 Å². The summed E-state index contributed by atoms with van der Waals surface area (Å²) in [6.07, 6.45) is 0. The Kier molecular flexibility index (Phi) is 5.04. The first-order valence-electron chi connectivity index (χ1n) is 5.32. The maximum Gasteiger partial charge on any atom is 0.253 e. The van der Waals surface area contributed by atoms with Crippen LogP contribution in [0.2, 0.25) is 5.02 Å². The number of hydrogen-bond donors (Lipinski definition) is 1. The summed E-state index contributed by atoms with van der Waals surface area (Å²) in [5, 5.41) is -0.0726. The lowest BCUT2D eigenvalue weighted by Gasteiger charge is -2.21. The van der Waals surface area contributed by atoms with Crippen LogP contribution in [0.1, 0.15) is 17.3 Å². The highest BCUT2D eigenvalue weighted by molar-refractivity contribution is 7.80. The van der Waals surface area contributed by atoms with Crippen molar-refractivity contribution < 1.29 is 9.18 Å². The summed E-state index contributed by atoms with van der Waals surface area (Å²) in [6.45, 7) is 2.24. The molecule has 1 amide bonds. The fourth-order valence-electron chi connectivity index (χ4n) is 1.43. The molecule has 0 saturated heterocycles. The van der Waals surface area contributed by atoms with Gasteiger partial charge in [0.2, 0.25) is 0 Å². The average Bonchev–Trinajstić information content (AvgIpc) is 2.31. The quantitative estimate of drug-likeness (QED) is 0.866. The van der Waals surface area contributed by atoms with E-state index in [0.29, 0.717) is 17.1 Å². The fraction of sp³-hybridized carbons (Fsp3) is 0.333. The molecule has 0 aromatic heterocycles. The van der Waals surface area contributed by atoms with Gasteiger partial charge in [-0.25, -0.2) is 4.39 Å². The van der Waals surface area contributed by atoms with Gasteiger partial charge in [0.1, 0.15) is 5.82 Å². The van der Waals surface area contributed by atoms with E-state index in [0.717, 1.165) is 0 Å². The van der Waals surface area contributed by atoms with E-state index in [1.807, 2.05) is 6.92 Å². The fourth-order valence-corrected chi connectivity index (χ4v) is 1.69. The lowest BCUT2D eigenvalue weighted by atomic mass is 10.1. The topological polar surface area (TPSA) is 46.3 Å². The zero-order valence-corrected chi connectivity index (χ0v) is 11.7. The van der Waals surface area contributed by atoms with Crippen molar-refractivity contribution >= 4 is 34.7 Å². The van der Waals surface area contributed by atoms with Gasteiger partial charge in [-0.3, -0.25) is 4.79 Å². The molecule has 98 valence electrons. The molecule has 3 nitrogen and oxygen atoms in total. The Labute approximate surface area is 116 Å². The molecule has 0 saturated carbocycles. The Balaban J connectivity index is 2.80. The number of nitrogens with two attached hydrogens (primary N) is 1. The predicted molar refractivity (Wildman–Crippen MR) is 74.3 cm³/mol. The third kappa shape index (κ3) is 3.65. The van der Waals surface area contributed by atoms with E-state index in [9.17, 15) is 9.18 Å². The predicted octanol–water partition coefficient (Wildman–Crippen LogP) is 2.47. The second kappa shape index (κ2) is 6.11. The van der Waals surface area contributed by atoms with Crippen molar-refractivity contribution in [3.05, 3.63) is 34.6 Å². The molecule has 0 heterocycles. The summed E-state index contributed by atoms with van der Waals surface area (Å²) in [5.74, 6) is -0.878. The largest absolute Gasteiger partial charge is 0.393 e. The van der Waals surface area contributed by atoms with Gasteiger partial charge in [0.05, 0.1) is 10.0 Å². The molecule has 1 aromatic rings. The number of carbonyl (C=O) groups is 1. The van der Waals surface area contributed by atoms with E-state index in [-0.39, 0.29) is 16.8 Å². The third-order valence-electron chi connectivity index (χ3n) is 2.55. The highest BCUT2D eigenvalue weighted by atomic mass is 35.5. The third-order valence-corrected chi connectivity index (χ3v) is 3.24. The second-order valence-electron chi connectivity index (χ2n) is 4.12. The van der Waals surface area contributed by atoms with E-state index in [4.69, 9.17) is 29.6 Å². The van der Waals surface area contributed by atoms with Crippen LogP contribution in [0.5, 0.6) is 0 Å². The molecule has 18 heavy (non-hydrogen) atoms. The Morgan fingerprint density at radius 3 is 2.72 bits per heavy atom. The molecule has 0 spiro atoms. The SMILES string of the molecule is CC(CN(C)C(=O)c1ccc(F)c(Cl)c1)C(N)=S. The number of halogens is 2. The summed E-state index contributed by atoms with van der Waals surface area (Å²) in [7, 11) is 1.63. The lowest BCUT2D eigenvalue weighted by molar-refractivity contribution is 0.0787. The van der Waals surface area contributed by atoms with Crippen molar-refractivity contribution in [2.45, 2.75) is 6.92 Å². The number of carbonyl (C=O) groups excluding carboxylic acids is 1. The maximum absolute atomic E-state index is 13.0. The molecule has 2 N–H and O–H groups in total. The van der Waals surface area contributed by atoms with E-state index < -0.39 is 5.82 Å². The van der Waals surface area contributed by atoms with Crippen molar-refractivity contribution in [2.24, 2.45) is 11.7 Å². The molecular weight excluding hydrogens is 275 g/mol. The smallest absolute Gasteiger partial charge is 0.253 e. The molecule has 0 bridgehead atoms. The average molecular weight is 289 g/mol. The number of amides is 1. The van der Waals surface area contributed by atoms with Crippen LogP contribution >= 0.6 is 23.8 Å². The first-order valence-corrected chi connectivity index (χ1v) is 6.11. The normalized spacial score (nSPS) is 12.0. The van der Waals surface area contributed by atoms with Crippen molar-refractivity contribution in [2.75, 3.05) is 13.6 Å². The number of nitrogens with zero attached hydrogens (tertiary/aromatic N) is 1. The Hall–Kier alpha value is -1.20. The van der Waals surface area contributed by atoms with Crippen LogP contribution in [0.3, 0.4) is 0 Å². The summed E-state index contributed by atoms with van der Waals surface area (Å²) >= 11 is 10.5. The number of rotatable bonds is 4. The lowest BCUT2D eigenvalue weighted by Crippen LogP contribution is -2.35. The molecule has 0 aliphatic carbocycles. The Morgan fingerprint density at radius 1 is 1.61 bits per heavy atom. The van der Waals surface area contributed by atoms with Crippen LogP contribution in [0.25, 0.3) is 0 Å². The summed E-state index contributed by atoms with van der Waals surface area (Å²) < 4.78 is 13.0. The standard InChI is InChI=1S/C12H14ClFN2OS/c1-7(11(15)18)6-16(2)12(17)8-3-4-10(14)9(13)5-8/h3-5,7H,6H2,1-2H3,(H2,15,18). The highest BCUT2D eigenvalue weighted by Crippen LogP contribution is 2.17. The first-order chi connectivity index (χ1) is 8.32. The van der Waals surface area contributed by atoms with Gasteiger partial charge in [0.15, 0.2) is 0 Å². The van der Waals surface area contributed by atoms with Crippen molar-refractivity contribution in [1.29, 1.82) is 0 Å². The Bertz CT molecular complexity index is 481. The van der Waals surface area contributed by atoms with Crippen LogP contribution in [0.15, 0.2) is 18.2 Å². The van der Waals surface area contributed by atoms with Crippen LogP contribution in [0.4, 0.5) is 4.39 Å². The molecule has 0 aliphatic heterocycles. The van der Waals surface area contributed by atoms with Crippen molar-refractivity contribution in [3.8, 4) is 0 Å². The molecule has 1 aromatic carbocycles. The summed E-state index contributed by atoms with van der Waals surface area (Å²) in [5.41, 5.74) is 5.82. The second-order valence-corrected chi connectivity index (χ2v) is 5.00. The van der Waals surface area contributed by atoms with Gasteiger partial charge >= 0.3 is 0 Å². The summed E-state index contributed by atoms with van der Waals surface area (Å²) in [4.78, 5) is 13.9. The van der Waals surface area contributed by atoms with Gasteiger partial charge in [-0.2, -0.15) is 0 Å². The van der Waals surface area contributed by atoms with Gasteiger partial charge in [0.25, 0.3) is 5.91 Å². The number of hydrogen-bond acceptors (Lipinski definition) is 2. The first kappa shape index (κ1) is 14.9. The number of thiocarbonyl (C=S) groups is 1. The minimum absolute atomic E-state index is 0.0726. The monoisotopic (exact) mass is 288 g/mol. The van der Waals surface area contributed by atoms with Gasteiger partial charge in [-0.1, -0.05) is 30.7 Å². The minimum atomic E-state index is -0.549. The molecule has 1 rings (SSSR count). The van der Waals surface area contributed by atoms with E-state index in [2.05, 4.69) is 0 Å². The van der Waals surface area contributed by atoms with Crippen molar-refractivity contribution in [1.82, 2.24) is 4.90 Å². The van der Waals surface area contributed by atoms with Crippen LogP contribution in [-0.4, -0.2) is 29.4 Å². The van der Waals surface area contributed by atoms with Crippen LogP contribution in [-0.2, 0) is 0 Å². The Morgan fingerprint density at radius 2 is 2.22 bits per heavy atom. The molecule has 6 heteroatoms. The minimum Gasteiger partial charge on any atom is -0.393 e. The zero-order chi connectivity index (χ0) is 13.9. The zero-order valence-electron chi connectivity index (χ0n) is 10.1. The highest BCUT2D eigenvalue weighted by Gasteiger charge is 2.16. The van der Waals surface area contributed by atoms with Gasteiger partial charge in [-0.15, -0.1) is 0 Å². The van der Waals surface area contributed by atoms with Crippen LogP contribution in [0, 0.1) is 11.7 Å². The van der Waals surface area contributed by atoms with E-state index in [1.54, 1.807) is 7.05 Å². The molecule has 0 aliphatic rings. The van der Waals surface area contributed by atoms with Gasteiger partial charge in [-0.05, 0) is 18.2 Å². The van der Waals surface area contributed by atoms with Gasteiger partial charge in [0, 0.05) is 25.1 Å².